The molecular weight excluding hydrogens is 630 g/mol. The lowest BCUT2D eigenvalue weighted by atomic mass is 10.0. The van der Waals surface area contributed by atoms with Crippen LogP contribution in [0.4, 0.5) is 5.69 Å². The van der Waals surface area contributed by atoms with Crippen molar-refractivity contribution in [3.05, 3.63) is 125 Å². The van der Waals surface area contributed by atoms with Crippen LogP contribution in [0, 0.1) is 10.1 Å². The summed E-state index contributed by atoms with van der Waals surface area (Å²) in [5.41, 5.74) is 10.4. The van der Waals surface area contributed by atoms with Crippen molar-refractivity contribution >= 4 is 50.9 Å². The maximum absolute atomic E-state index is 12.7. The number of benzene rings is 3. The van der Waals surface area contributed by atoms with Gasteiger partial charge in [-0.3, -0.25) is 10.1 Å². The summed E-state index contributed by atoms with van der Waals surface area (Å²) in [6.45, 7) is 0. The topological polar surface area (TPSA) is 131 Å². The molecule has 0 spiro atoms. The van der Waals surface area contributed by atoms with Crippen LogP contribution in [-0.2, 0) is 0 Å². The van der Waals surface area contributed by atoms with Crippen LogP contribution in [0.15, 0.2) is 103 Å². The molecule has 0 saturated heterocycles. The summed E-state index contributed by atoms with van der Waals surface area (Å²) >= 11 is 0. The number of aromatic amines is 3. The van der Waals surface area contributed by atoms with Crippen LogP contribution in [-0.4, -0.2) is 46.2 Å². The lowest BCUT2D eigenvalue weighted by Crippen LogP contribution is -1.89. The number of methoxy groups -OCH3 is 3. The van der Waals surface area contributed by atoms with Crippen LogP contribution in [0.5, 0.6) is 17.2 Å². The average Bonchev–Trinajstić information content (AvgIpc) is 3.98. The number of aromatic nitrogens is 4. The molecule has 10 heteroatoms. The molecule has 0 fully saturated rings. The second-order valence-corrected chi connectivity index (χ2v) is 11.8. The van der Waals surface area contributed by atoms with Crippen LogP contribution in [0.25, 0.3) is 78.6 Å². The van der Waals surface area contributed by atoms with Gasteiger partial charge < -0.3 is 29.2 Å². The van der Waals surface area contributed by atoms with E-state index in [1.807, 2.05) is 97.1 Å². The van der Waals surface area contributed by atoms with Crippen molar-refractivity contribution in [3.63, 3.8) is 0 Å². The molecule has 3 aromatic carbocycles. The van der Waals surface area contributed by atoms with E-state index in [0.29, 0.717) is 39.3 Å². The molecule has 0 unspecified atom stereocenters. The van der Waals surface area contributed by atoms with Gasteiger partial charge in [-0.15, -0.1) is 0 Å². The molecule has 0 radical (unpaired) electrons. The molecule has 0 amide bonds. The third-order valence-corrected chi connectivity index (χ3v) is 9.00. The molecule has 4 aromatic heterocycles. The van der Waals surface area contributed by atoms with Crippen molar-refractivity contribution in [2.75, 3.05) is 21.3 Å². The van der Waals surface area contributed by atoms with Gasteiger partial charge in [0.2, 0.25) is 0 Å². The number of H-pyrrole nitrogens is 3. The molecular formula is C40H31N5O5. The quantitative estimate of drug-likeness (QED) is 0.115. The highest BCUT2D eigenvalue weighted by atomic mass is 16.6. The summed E-state index contributed by atoms with van der Waals surface area (Å²) < 4.78 is 16.3. The van der Waals surface area contributed by atoms with Gasteiger partial charge in [0.15, 0.2) is 0 Å². The van der Waals surface area contributed by atoms with E-state index in [1.54, 1.807) is 27.4 Å². The highest BCUT2D eigenvalue weighted by Crippen LogP contribution is 2.39. The predicted octanol–water partition coefficient (Wildman–Crippen LogP) is 9.63. The summed E-state index contributed by atoms with van der Waals surface area (Å²) in [5, 5.41) is 12.7. The number of hydrogen-bond donors (Lipinski definition) is 3. The first kappa shape index (κ1) is 30.5. The molecule has 0 aliphatic carbocycles. The van der Waals surface area contributed by atoms with E-state index < -0.39 is 0 Å². The van der Waals surface area contributed by atoms with E-state index in [9.17, 15) is 10.1 Å². The van der Waals surface area contributed by atoms with E-state index in [1.165, 1.54) is 0 Å². The maximum Gasteiger partial charge on any atom is 0.295 e. The van der Waals surface area contributed by atoms with Gasteiger partial charge in [-0.05, 0) is 89.5 Å². The SMILES string of the molecule is COc1ccc(-c2c3nc(c4cc([N+](=O)[O-])c([nH]4)c(-c4ccc(OC)cc4)c4ccc([nH]4)c(-c4ccc(OC)cc4)c4ccc2[nH]4)C=C3)cc1. The van der Waals surface area contributed by atoms with Crippen molar-refractivity contribution in [1.29, 1.82) is 0 Å². The molecule has 5 heterocycles. The molecule has 8 rings (SSSR count). The van der Waals surface area contributed by atoms with Gasteiger partial charge in [0, 0.05) is 44.8 Å². The maximum atomic E-state index is 12.7. The van der Waals surface area contributed by atoms with E-state index in [0.717, 1.165) is 55.9 Å². The zero-order valence-corrected chi connectivity index (χ0v) is 27.4. The fraction of sp³-hybridized carbons (Fsp3) is 0.0750. The Hall–Kier alpha value is -6.81. The zero-order chi connectivity index (χ0) is 34.4. The van der Waals surface area contributed by atoms with Gasteiger partial charge in [0.25, 0.3) is 5.69 Å². The fourth-order valence-corrected chi connectivity index (χ4v) is 6.55. The minimum atomic E-state index is -0.362. The Balaban J connectivity index is 1.55. The number of fused-ring (bicyclic) bond motifs is 9. The summed E-state index contributed by atoms with van der Waals surface area (Å²) in [5.74, 6) is 2.15. The number of hydrogen-bond acceptors (Lipinski definition) is 6. The van der Waals surface area contributed by atoms with E-state index in [4.69, 9.17) is 19.2 Å². The Labute approximate surface area is 286 Å². The third kappa shape index (κ3) is 5.29. The standard InChI is InChI=1S/C40H31N5O5/c1-48-26-10-4-23(5-11-26)37-30-17-16-29(41-30)35-22-36(45(46)47)40(44-35)39(25-8-14-28(50-3)15-9-25)34-21-20-33(43-34)38(32-19-18-31(37)42-32)24-6-12-27(49-2)13-7-24/h4-22,42-44H,1-3H3. The normalized spacial score (nSPS) is 11.6. The third-order valence-electron chi connectivity index (χ3n) is 9.00. The van der Waals surface area contributed by atoms with Crippen LogP contribution in [0.2, 0.25) is 0 Å². The molecule has 3 N–H and O–H groups in total. The number of rotatable bonds is 7. The predicted molar refractivity (Wildman–Crippen MR) is 198 cm³/mol. The molecule has 1 aliphatic heterocycles. The van der Waals surface area contributed by atoms with Crippen LogP contribution in [0.1, 0.15) is 11.4 Å². The Morgan fingerprint density at radius 3 is 1.42 bits per heavy atom. The van der Waals surface area contributed by atoms with E-state index in [-0.39, 0.29) is 10.6 Å². The highest BCUT2D eigenvalue weighted by Gasteiger charge is 2.21. The van der Waals surface area contributed by atoms with Gasteiger partial charge in [-0.1, -0.05) is 36.4 Å². The minimum Gasteiger partial charge on any atom is -0.497 e. The lowest BCUT2D eigenvalue weighted by Gasteiger charge is -2.07. The van der Waals surface area contributed by atoms with Gasteiger partial charge >= 0.3 is 0 Å². The van der Waals surface area contributed by atoms with Gasteiger partial charge in [-0.25, -0.2) is 4.98 Å². The molecule has 0 saturated carbocycles. The lowest BCUT2D eigenvalue weighted by molar-refractivity contribution is -0.382. The van der Waals surface area contributed by atoms with Crippen LogP contribution in [0.3, 0.4) is 0 Å². The molecule has 7 aromatic rings. The van der Waals surface area contributed by atoms with Gasteiger partial charge in [0.05, 0.1) is 43.2 Å². The fourth-order valence-electron chi connectivity index (χ4n) is 6.55. The Morgan fingerprint density at radius 1 is 0.520 bits per heavy atom. The second kappa shape index (κ2) is 12.3. The number of nitrogens with one attached hydrogen (secondary N) is 3. The number of nitrogens with zero attached hydrogens (tertiary/aromatic N) is 2. The molecule has 246 valence electrons. The van der Waals surface area contributed by atoms with Crippen molar-refractivity contribution < 1.29 is 19.1 Å². The van der Waals surface area contributed by atoms with E-state index in [2.05, 4.69) is 27.1 Å². The van der Waals surface area contributed by atoms with Gasteiger partial charge in [0.1, 0.15) is 22.8 Å². The van der Waals surface area contributed by atoms with Crippen molar-refractivity contribution in [2.45, 2.75) is 0 Å². The Kier molecular flexibility index (Phi) is 7.53. The van der Waals surface area contributed by atoms with E-state index >= 15 is 0 Å². The first-order valence-electron chi connectivity index (χ1n) is 15.9. The number of nitro groups is 1. The molecule has 8 bridgehead atoms. The first-order valence-corrected chi connectivity index (χ1v) is 15.9. The second-order valence-electron chi connectivity index (χ2n) is 11.8. The largest absolute Gasteiger partial charge is 0.497 e. The van der Waals surface area contributed by atoms with Crippen molar-refractivity contribution in [3.8, 4) is 50.6 Å². The van der Waals surface area contributed by atoms with Crippen molar-refractivity contribution in [2.24, 2.45) is 0 Å². The Morgan fingerprint density at radius 2 is 0.940 bits per heavy atom. The Bertz CT molecular complexity index is 2560. The summed E-state index contributed by atoms with van der Waals surface area (Å²) in [6, 6.07) is 32.8. The zero-order valence-electron chi connectivity index (χ0n) is 27.4. The summed E-state index contributed by atoms with van der Waals surface area (Å²) in [7, 11) is 4.88. The molecule has 0 atom stereocenters. The number of ether oxygens (including phenoxy) is 3. The first-order chi connectivity index (χ1) is 24.4. The smallest absolute Gasteiger partial charge is 0.295 e. The molecule has 50 heavy (non-hydrogen) atoms. The van der Waals surface area contributed by atoms with Crippen LogP contribution >= 0.6 is 0 Å². The van der Waals surface area contributed by atoms with Crippen molar-refractivity contribution in [1.82, 2.24) is 19.9 Å². The molecule has 1 aliphatic rings. The van der Waals surface area contributed by atoms with Crippen LogP contribution < -0.4 is 14.2 Å². The molecule has 10 nitrogen and oxygen atoms in total. The monoisotopic (exact) mass is 661 g/mol. The van der Waals surface area contributed by atoms with Gasteiger partial charge in [-0.2, -0.15) is 0 Å². The average molecular weight is 662 g/mol. The minimum absolute atomic E-state index is 0.0653. The summed E-state index contributed by atoms with van der Waals surface area (Å²) in [6.07, 6.45) is 3.81. The highest BCUT2D eigenvalue weighted by molar-refractivity contribution is 6.02. The summed E-state index contributed by atoms with van der Waals surface area (Å²) in [4.78, 5) is 28.0.